The molecule has 8 heteroatoms. The molecule has 0 saturated carbocycles. The number of carbonyl (C=O) groups is 3. The number of halogens is 1. The molecule has 3 heterocycles. The van der Waals surface area contributed by atoms with E-state index in [1.165, 1.54) is 44.3 Å². The lowest BCUT2D eigenvalue weighted by Crippen LogP contribution is -2.49. The molecule has 3 aromatic rings. The molecule has 0 unspecified atom stereocenters. The lowest BCUT2D eigenvalue weighted by molar-refractivity contribution is -0.123. The van der Waals surface area contributed by atoms with Gasteiger partial charge in [0, 0.05) is 35.9 Å². The van der Waals surface area contributed by atoms with E-state index in [-0.39, 0.29) is 36.5 Å². The van der Waals surface area contributed by atoms with Crippen LogP contribution in [0, 0.1) is 0 Å². The summed E-state index contributed by atoms with van der Waals surface area (Å²) in [7, 11) is 0. The fourth-order valence-electron chi connectivity index (χ4n) is 5.74. The van der Waals surface area contributed by atoms with Crippen molar-refractivity contribution in [3.8, 4) is 0 Å². The van der Waals surface area contributed by atoms with E-state index < -0.39 is 0 Å². The molecule has 4 rings (SSSR count). The van der Waals surface area contributed by atoms with Crippen LogP contribution in [0.2, 0.25) is 0 Å². The highest BCUT2D eigenvalue weighted by molar-refractivity contribution is 6.10. The summed E-state index contributed by atoms with van der Waals surface area (Å²) in [6.07, 6.45) is 11.7. The zero-order valence-electron chi connectivity index (χ0n) is 26.2. The number of piperazine rings is 1. The van der Waals surface area contributed by atoms with Gasteiger partial charge in [-0.15, -0.1) is 12.4 Å². The molecule has 0 aliphatic carbocycles. The maximum Gasteiger partial charge on any atom is 0.254 e. The Hall–Kier alpha value is -3.16. The van der Waals surface area contributed by atoms with Crippen molar-refractivity contribution in [1.29, 1.82) is 0 Å². The van der Waals surface area contributed by atoms with Crippen LogP contribution in [0.4, 0.5) is 0 Å². The number of nitrogens with zero attached hydrogens (tertiary/aromatic N) is 3. The highest BCUT2D eigenvalue weighted by atomic mass is 35.5. The van der Waals surface area contributed by atoms with Crippen molar-refractivity contribution in [2.24, 2.45) is 0 Å². The van der Waals surface area contributed by atoms with Crippen molar-refractivity contribution >= 4 is 35.5 Å². The SMILES string of the molecule is CCCCc1cc2cc(C(=O)N3CCNC(=O)C3)ccn2c1C(=O)c1ccc(CCCN(CCCC)CCCC)cc1.Cl. The summed E-state index contributed by atoms with van der Waals surface area (Å²) in [6, 6.07) is 13.8. The molecular weight excluding hydrogens is 560 g/mol. The van der Waals surface area contributed by atoms with Gasteiger partial charge in [-0.25, -0.2) is 0 Å². The number of rotatable bonds is 16. The largest absolute Gasteiger partial charge is 0.353 e. The average molecular weight is 609 g/mol. The number of amides is 2. The lowest BCUT2D eigenvalue weighted by Gasteiger charge is -2.26. The number of unbranched alkanes of at least 4 members (excludes halogenated alkanes) is 3. The molecule has 1 fully saturated rings. The number of nitrogens with one attached hydrogen (secondary N) is 1. The molecule has 234 valence electrons. The molecule has 7 nitrogen and oxygen atoms in total. The van der Waals surface area contributed by atoms with Gasteiger partial charge in [-0.3, -0.25) is 14.4 Å². The van der Waals surface area contributed by atoms with Gasteiger partial charge in [-0.05, 0) is 87.5 Å². The van der Waals surface area contributed by atoms with E-state index in [4.69, 9.17) is 0 Å². The minimum absolute atomic E-state index is 0. The third kappa shape index (κ3) is 9.16. The molecule has 1 aliphatic rings. The predicted octanol–water partition coefficient (Wildman–Crippen LogP) is 6.34. The van der Waals surface area contributed by atoms with Gasteiger partial charge in [0.15, 0.2) is 0 Å². The van der Waals surface area contributed by atoms with Crippen molar-refractivity contribution in [2.45, 2.75) is 78.6 Å². The van der Waals surface area contributed by atoms with E-state index in [1.54, 1.807) is 11.0 Å². The Kier molecular flexibility index (Phi) is 13.7. The smallest absolute Gasteiger partial charge is 0.254 e. The van der Waals surface area contributed by atoms with Crippen molar-refractivity contribution < 1.29 is 14.4 Å². The van der Waals surface area contributed by atoms with Gasteiger partial charge in [0.25, 0.3) is 5.91 Å². The van der Waals surface area contributed by atoms with Gasteiger partial charge in [0.2, 0.25) is 11.7 Å². The topological polar surface area (TPSA) is 74.1 Å². The lowest BCUT2D eigenvalue weighted by atomic mass is 10.00. The van der Waals surface area contributed by atoms with Gasteiger partial charge < -0.3 is 19.5 Å². The molecule has 1 N–H and O–H groups in total. The second kappa shape index (κ2) is 17.2. The maximum atomic E-state index is 13.9. The Bertz CT molecular complexity index is 1340. The first-order chi connectivity index (χ1) is 20.4. The molecule has 0 bridgehead atoms. The first-order valence-corrected chi connectivity index (χ1v) is 16.0. The second-order valence-electron chi connectivity index (χ2n) is 11.6. The summed E-state index contributed by atoms with van der Waals surface area (Å²) in [5.74, 6) is -0.296. The third-order valence-electron chi connectivity index (χ3n) is 8.25. The Morgan fingerprint density at radius 3 is 2.16 bits per heavy atom. The number of benzene rings is 1. The van der Waals surface area contributed by atoms with Gasteiger partial charge in [0.1, 0.15) is 0 Å². The number of pyridine rings is 1. The van der Waals surface area contributed by atoms with Crippen molar-refractivity contribution in [2.75, 3.05) is 39.3 Å². The Balaban J connectivity index is 0.00000506. The summed E-state index contributed by atoms with van der Waals surface area (Å²) >= 11 is 0. The molecule has 2 aromatic heterocycles. The standard InChI is InChI=1S/C35H48N4O3.ClH/c1-4-7-12-29-24-31-25-30(35(42)38-23-18-36-32(40)26-38)17-22-39(31)33(29)34(41)28-15-13-27(14-16-28)11-10-21-37(19-8-5-2)20-9-6-3;/h13-17,22,24-25H,4-12,18-21,23,26H2,1-3H3,(H,36,40);1H. The number of aromatic nitrogens is 1. The first-order valence-electron chi connectivity index (χ1n) is 16.0. The highest BCUT2D eigenvalue weighted by Crippen LogP contribution is 2.24. The highest BCUT2D eigenvalue weighted by Gasteiger charge is 2.24. The molecular formula is C35H49ClN4O3. The summed E-state index contributed by atoms with van der Waals surface area (Å²) < 4.78 is 1.92. The first kappa shape index (κ1) is 34.3. The monoisotopic (exact) mass is 608 g/mol. The average Bonchev–Trinajstić information content (AvgIpc) is 3.38. The quantitative estimate of drug-likeness (QED) is 0.193. The van der Waals surface area contributed by atoms with Gasteiger partial charge in [0.05, 0.1) is 12.2 Å². The van der Waals surface area contributed by atoms with Crippen LogP contribution >= 0.6 is 12.4 Å². The number of aryl methyl sites for hydroxylation is 2. The van der Waals surface area contributed by atoms with Crippen LogP contribution in [0.5, 0.6) is 0 Å². The molecule has 0 atom stereocenters. The molecule has 43 heavy (non-hydrogen) atoms. The number of hydrogen-bond acceptors (Lipinski definition) is 4. The summed E-state index contributed by atoms with van der Waals surface area (Å²) in [5, 5.41) is 2.76. The van der Waals surface area contributed by atoms with E-state index in [0.29, 0.717) is 29.9 Å². The minimum atomic E-state index is -0.161. The summed E-state index contributed by atoms with van der Waals surface area (Å²) in [4.78, 5) is 43.0. The van der Waals surface area contributed by atoms with Crippen LogP contribution in [-0.4, -0.2) is 71.1 Å². The van der Waals surface area contributed by atoms with E-state index in [1.807, 2.05) is 34.9 Å². The molecule has 1 saturated heterocycles. The van der Waals surface area contributed by atoms with Gasteiger partial charge in [-0.1, -0.05) is 64.3 Å². The number of hydrogen-bond donors (Lipinski definition) is 1. The van der Waals surface area contributed by atoms with E-state index in [2.05, 4.69) is 43.1 Å². The van der Waals surface area contributed by atoms with Crippen LogP contribution in [-0.2, 0) is 17.6 Å². The second-order valence-corrected chi connectivity index (χ2v) is 11.6. The molecule has 1 aromatic carbocycles. The van der Waals surface area contributed by atoms with Crippen LogP contribution in [0.25, 0.3) is 5.52 Å². The molecule has 0 spiro atoms. The fourth-order valence-corrected chi connectivity index (χ4v) is 5.74. The van der Waals surface area contributed by atoms with Crippen molar-refractivity contribution in [3.05, 3.63) is 76.6 Å². The van der Waals surface area contributed by atoms with Crippen molar-refractivity contribution in [3.63, 3.8) is 0 Å². The van der Waals surface area contributed by atoms with Crippen LogP contribution in [0.15, 0.2) is 48.7 Å². The third-order valence-corrected chi connectivity index (χ3v) is 8.25. The van der Waals surface area contributed by atoms with Crippen LogP contribution < -0.4 is 5.32 Å². The Morgan fingerprint density at radius 1 is 0.837 bits per heavy atom. The zero-order valence-corrected chi connectivity index (χ0v) is 27.0. The zero-order chi connectivity index (χ0) is 29.9. The maximum absolute atomic E-state index is 13.9. The normalized spacial score (nSPS) is 13.3. The Labute approximate surface area is 263 Å². The molecule has 0 radical (unpaired) electrons. The van der Waals surface area contributed by atoms with Crippen molar-refractivity contribution in [1.82, 2.24) is 19.5 Å². The van der Waals surface area contributed by atoms with Gasteiger partial charge >= 0.3 is 0 Å². The number of carbonyl (C=O) groups excluding carboxylic acids is 3. The minimum Gasteiger partial charge on any atom is -0.353 e. The summed E-state index contributed by atoms with van der Waals surface area (Å²) in [5.41, 5.74) is 4.98. The fraction of sp³-hybridized carbons (Fsp3) is 0.514. The van der Waals surface area contributed by atoms with E-state index in [0.717, 1.165) is 49.7 Å². The molecule has 2 amide bonds. The predicted molar refractivity (Wildman–Crippen MR) is 177 cm³/mol. The van der Waals surface area contributed by atoms with Gasteiger partial charge in [-0.2, -0.15) is 0 Å². The molecule has 1 aliphatic heterocycles. The number of ketones is 1. The Morgan fingerprint density at radius 2 is 1.51 bits per heavy atom. The van der Waals surface area contributed by atoms with E-state index >= 15 is 0 Å². The van der Waals surface area contributed by atoms with E-state index in [9.17, 15) is 14.4 Å². The van der Waals surface area contributed by atoms with Crippen LogP contribution in [0.3, 0.4) is 0 Å². The number of fused-ring (bicyclic) bond motifs is 1. The summed E-state index contributed by atoms with van der Waals surface area (Å²) in [6.45, 7) is 11.2. The van der Waals surface area contributed by atoms with Crippen LogP contribution in [0.1, 0.15) is 103 Å².